The first kappa shape index (κ1) is 18.3. The molecule has 1 saturated heterocycles. The van der Waals surface area contributed by atoms with Crippen LogP contribution < -0.4 is 5.32 Å². The van der Waals surface area contributed by atoms with Gasteiger partial charge in [-0.05, 0) is 35.9 Å². The number of carbonyl (C=O) groups is 2. The SMILES string of the molecule is O=C(Nc1cccc(Cn2cccn2)c1)C1CSCN1C(=O)c1ccccc1. The van der Waals surface area contributed by atoms with Crippen LogP contribution in [0.2, 0.25) is 0 Å². The van der Waals surface area contributed by atoms with Crippen molar-refractivity contribution in [3.8, 4) is 0 Å². The average Bonchev–Trinajstić information content (AvgIpc) is 3.40. The van der Waals surface area contributed by atoms with Crippen molar-refractivity contribution in [3.63, 3.8) is 0 Å². The Balaban J connectivity index is 1.45. The van der Waals surface area contributed by atoms with Gasteiger partial charge in [-0.25, -0.2) is 0 Å². The first-order valence-electron chi connectivity index (χ1n) is 9.02. The van der Waals surface area contributed by atoms with Crippen molar-refractivity contribution in [3.05, 3.63) is 84.2 Å². The second-order valence-electron chi connectivity index (χ2n) is 6.55. The maximum atomic E-state index is 12.9. The van der Waals surface area contributed by atoms with Crippen LogP contribution in [-0.4, -0.2) is 44.2 Å². The van der Waals surface area contributed by atoms with Gasteiger partial charge < -0.3 is 10.2 Å². The van der Waals surface area contributed by atoms with Crippen molar-refractivity contribution >= 4 is 29.3 Å². The molecule has 1 fully saturated rings. The van der Waals surface area contributed by atoms with Gasteiger partial charge in [-0.3, -0.25) is 14.3 Å². The third-order valence-corrected chi connectivity index (χ3v) is 5.58. The van der Waals surface area contributed by atoms with Crippen LogP contribution in [0.4, 0.5) is 5.69 Å². The Labute approximate surface area is 167 Å². The lowest BCUT2D eigenvalue weighted by molar-refractivity contribution is -0.119. The maximum absolute atomic E-state index is 12.9. The molecule has 3 aromatic rings. The summed E-state index contributed by atoms with van der Waals surface area (Å²) in [6, 6.07) is 18.2. The predicted octanol–water partition coefficient (Wildman–Crippen LogP) is 3.09. The summed E-state index contributed by atoms with van der Waals surface area (Å²) >= 11 is 1.59. The molecule has 28 heavy (non-hydrogen) atoms. The van der Waals surface area contributed by atoms with E-state index in [0.717, 1.165) is 11.3 Å². The van der Waals surface area contributed by atoms with Gasteiger partial charge in [0.2, 0.25) is 5.91 Å². The van der Waals surface area contributed by atoms with Crippen LogP contribution in [0.5, 0.6) is 0 Å². The Kier molecular flexibility index (Phi) is 5.43. The number of rotatable bonds is 5. The number of benzene rings is 2. The highest BCUT2D eigenvalue weighted by atomic mass is 32.2. The van der Waals surface area contributed by atoms with Crippen molar-refractivity contribution in [2.45, 2.75) is 12.6 Å². The summed E-state index contributed by atoms with van der Waals surface area (Å²) < 4.78 is 1.83. The Morgan fingerprint density at radius 2 is 1.96 bits per heavy atom. The molecule has 6 nitrogen and oxygen atoms in total. The van der Waals surface area contributed by atoms with Crippen LogP contribution >= 0.6 is 11.8 Å². The summed E-state index contributed by atoms with van der Waals surface area (Å²) in [5.41, 5.74) is 2.36. The molecule has 1 atom stereocenters. The normalized spacial score (nSPS) is 16.1. The Hall–Kier alpha value is -3.06. The van der Waals surface area contributed by atoms with Crippen LogP contribution in [0.1, 0.15) is 15.9 Å². The molecule has 0 saturated carbocycles. The van der Waals surface area contributed by atoms with Crippen LogP contribution in [0.3, 0.4) is 0 Å². The summed E-state index contributed by atoms with van der Waals surface area (Å²) in [6.45, 7) is 0.634. The minimum atomic E-state index is -0.479. The summed E-state index contributed by atoms with van der Waals surface area (Å²) in [5, 5.41) is 7.17. The molecule has 7 heteroatoms. The van der Waals surface area contributed by atoms with Crippen molar-refractivity contribution < 1.29 is 9.59 Å². The molecule has 0 radical (unpaired) electrons. The fourth-order valence-electron chi connectivity index (χ4n) is 3.16. The van der Waals surface area contributed by atoms with E-state index in [9.17, 15) is 9.59 Å². The topological polar surface area (TPSA) is 67.2 Å². The number of nitrogens with zero attached hydrogens (tertiary/aromatic N) is 3. The fourth-order valence-corrected chi connectivity index (χ4v) is 4.31. The summed E-state index contributed by atoms with van der Waals surface area (Å²) in [4.78, 5) is 27.3. The number of amides is 2. The van der Waals surface area contributed by atoms with E-state index in [1.54, 1.807) is 35.0 Å². The van der Waals surface area contributed by atoms with E-state index < -0.39 is 6.04 Å². The summed E-state index contributed by atoms with van der Waals surface area (Å²) in [5.74, 6) is 0.839. The zero-order valence-corrected chi connectivity index (χ0v) is 16.0. The van der Waals surface area contributed by atoms with Gasteiger partial charge in [-0.15, -0.1) is 11.8 Å². The zero-order valence-electron chi connectivity index (χ0n) is 15.2. The first-order valence-corrected chi connectivity index (χ1v) is 10.2. The lowest BCUT2D eigenvalue weighted by Crippen LogP contribution is -2.44. The number of hydrogen-bond acceptors (Lipinski definition) is 4. The Bertz CT molecular complexity index is 960. The molecule has 0 bridgehead atoms. The molecule has 142 valence electrons. The molecule has 0 aliphatic carbocycles. The lowest BCUT2D eigenvalue weighted by atomic mass is 10.1. The van der Waals surface area contributed by atoms with E-state index >= 15 is 0 Å². The monoisotopic (exact) mass is 392 g/mol. The smallest absolute Gasteiger partial charge is 0.255 e. The molecule has 2 aromatic carbocycles. The molecule has 2 amide bonds. The van der Waals surface area contributed by atoms with Gasteiger partial charge in [0.15, 0.2) is 0 Å². The van der Waals surface area contributed by atoms with Crippen LogP contribution in [0.15, 0.2) is 73.1 Å². The van der Waals surface area contributed by atoms with E-state index in [-0.39, 0.29) is 11.8 Å². The number of aromatic nitrogens is 2. The highest BCUT2D eigenvalue weighted by Gasteiger charge is 2.35. The van der Waals surface area contributed by atoms with Gasteiger partial charge in [-0.2, -0.15) is 5.10 Å². The van der Waals surface area contributed by atoms with Gasteiger partial charge in [0.05, 0.1) is 12.4 Å². The van der Waals surface area contributed by atoms with Gasteiger partial charge in [0, 0.05) is 29.4 Å². The van der Waals surface area contributed by atoms with E-state index in [1.165, 1.54) is 0 Å². The van der Waals surface area contributed by atoms with Crippen LogP contribution in [0, 0.1) is 0 Å². The van der Waals surface area contributed by atoms with Gasteiger partial charge in [0.25, 0.3) is 5.91 Å². The molecule has 2 heterocycles. The minimum absolute atomic E-state index is 0.113. The Morgan fingerprint density at radius 3 is 2.75 bits per heavy atom. The number of carbonyl (C=O) groups excluding carboxylic acids is 2. The largest absolute Gasteiger partial charge is 0.324 e. The third-order valence-electron chi connectivity index (χ3n) is 4.56. The number of thioether (sulfide) groups is 1. The highest BCUT2D eigenvalue weighted by Crippen LogP contribution is 2.24. The fraction of sp³-hybridized carbons (Fsp3) is 0.190. The molecule has 1 aliphatic heterocycles. The minimum Gasteiger partial charge on any atom is -0.324 e. The number of hydrogen-bond donors (Lipinski definition) is 1. The number of anilines is 1. The van der Waals surface area contributed by atoms with Gasteiger partial charge >= 0.3 is 0 Å². The standard InChI is InChI=1S/C21H20N4O2S/c26-20(19-14-28-15-25(19)21(27)17-7-2-1-3-8-17)23-18-9-4-6-16(12-18)13-24-11-5-10-22-24/h1-12,19H,13-15H2,(H,23,26). The van der Waals surface area contributed by atoms with E-state index in [2.05, 4.69) is 10.4 Å². The quantitative estimate of drug-likeness (QED) is 0.725. The van der Waals surface area contributed by atoms with E-state index in [0.29, 0.717) is 23.7 Å². The molecule has 1 aliphatic rings. The third kappa shape index (κ3) is 4.09. The summed E-state index contributed by atoms with van der Waals surface area (Å²) in [6.07, 6.45) is 3.63. The molecule has 1 aromatic heterocycles. The average molecular weight is 392 g/mol. The molecule has 1 N–H and O–H groups in total. The second kappa shape index (κ2) is 8.31. The number of nitrogens with one attached hydrogen (secondary N) is 1. The first-order chi connectivity index (χ1) is 13.7. The second-order valence-corrected chi connectivity index (χ2v) is 7.55. The van der Waals surface area contributed by atoms with E-state index in [4.69, 9.17) is 0 Å². The maximum Gasteiger partial charge on any atom is 0.255 e. The van der Waals surface area contributed by atoms with Crippen molar-refractivity contribution in [2.75, 3.05) is 16.9 Å². The van der Waals surface area contributed by atoms with Gasteiger partial charge in [-0.1, -0.05) is 30.3 Å². The lowest BCUT2D eigenvalue weighted by Gasteiger charge is -2.23. The van der Waals surface area contributed by atoms with Crippen LogP contribution in [-0.2, 0) is 11.3 Å². The highest BCUT2D eigenvalue weighted by molar-refractivity contribution is 7.99. The summed E-state index contributed by atoms with van der Waals surface area (Å²) in [7, 11) is 0. The predicted molar refractivity (Wildman–Crippen MR) is 110 cm³/mol. The molecule has 1 unspecified atom stereocenters. The molecular formula is C21H20N4O2S. The molecule has 0 spiro atoms. The molecular weight excluding hydrogens is 372 g/mol. The Morgan fingerprint density at radius 1 is 1.11 bits per heavy atom. The van der Waals surface area contributed by atoms with Gasteiger partial charge in [0.1, 0.15) is 6.04 Å². The van der Waals surface area contributed by atoms with E-state index in [1.807, 2.05) is 59.4 Å². The van der Waals surface area contributed by atoms with Crippen molar-refractivity contribution in [1.29, 1.82) is 0 Å². The molecule has 4 rings (SSSR count). The van der Waals surface area contributed by atoms with Crippen LogP contribution in [0.25, 0.3) is 0 Å². The zero-order chi connectivity index (χ0) is 19.3. The van der Waals surface area contributed by atoms with Crippen molar-refractivity contribution in [2.24, 2.45) is 0 Å². The van der Waals surface area contributed by atoms with Crippen molar-refractivity contribution in [1.82, 2.24) is 14.7 Å².